The van der Waals surface area contributed by atoms with Crippen LogP contribution in [0.3, 0.4) is 0 Å². The molecule has 0 radical (unpaired) electrons. The number of nitrogens with one attached hydrogen (secondary N) is 3. The number of fused-ring (bicyclic) bond motifs is 2. The number of piperazine rings is 1. The number of nitrogens with zero attached hydrogens (tertiary/aromatic N) is 3. The molecule has 0 unspecified atom stereocenters. The topological polar surface area (TPSA) is 161 Å². The van der Waals surface area contributed by atoms with Crippen molar-refractivity contribution >= 4 is 28.2 Å². The second kappa shape index (κ2) is 7.93. The van der Waals surface area contributed by atoms with Crippen molar-refractivity contribution in [3.8, 4) is 0 Å². The Labute approximate surface area is 155 Å². The van der Waals surface area contributed by atoms with Crippen LogP contribution in [-0.4, -0.2) is 97.0 Å². The van der Waals surface area contributed by atoms with Crippen LogP contribution >= 0.6 is 0 Å². The van der Waals surface area contributed by atoms with Crippen molar-refractivity contribution in [3.63, 3.8) is 0 Å². The van der Waals surface area contributed by atoms with Gasteiger partial charge in [-0.15, -0.1) is 4.28 Å². The Bertz CT molecular complexity index is 710. The van der Waals surface area contributed by atoms with Crippen LogP contribution in [0.5, 0.6) is 0 Å². The number of carbonyl (C=O) groups excluding carboxylic acids is 3. The van der Waals surface area contributed by atoms with Gasteiger partial charge in [-0.2, -0.15) is 13.5 Å². The Morgan fingerprint density at radius 2 is 1.93 bits per heavy atom. The lowest BCUT2D eigenvalue weighted by molar-refractivity contribution is -0.132. The molecule has 4 N–H and O–H groups in total. The average molecular weight is 406 g/mol. The summed E-state index contributed by atoms with van der Waals surface area (Å²) >= 11 is 0. The molecule has 0 aromatic heterocycles. The maximum atomic E-state index is 12.3. The van der Waals surface area contributed by atoms with Crippen LogP contribution in [0.4, 0.5) is 4.79 Å². The molecule has 3 saturated heterocycles. The smallest absolute Gasteiger partial charge is 0.314 e. The van der Waals surface area contributed by atoms with Gasteiger partial charge in [0.25, 0.3) is 11.8 Å². The maximum Gasteiger partial charge on any atom is 0.418 e. The second-order valence-corrected chi connectivity index (χ2v) is 7.58. The van der Waals surface area contributed by atoms with E-state index in [2.05, 4.69) is 20.5 Å². The van der Waals surface area contributed by atoms with Gasteiger partial charge in [0.15, 0.2) is 0 Å². The van der Waals surface area contributed by atoms with Crippen LogP contribution in [0.1, 0.15) is 12.8 Å². The molecule has 3 aliphatic heterocycles. The average Bonchev–Trinajstić information content (AvgIpc) is 2.84. The predicted molar refractivity (Wildman–Crippen MR) is 89.0 cm³/mol. The Hall–Kier alpha value is -2.00. The number of urea groups is 1. The Morgan fingerprint density at radius 3 is 2.59 bits per heavy atom. The van der Waals surface area contributed by atoms with Crippen LogP contribution in [0, 0.1) is 0 Å². The van der Waals surface area contributed by atoms with Crippen molar-refractivity contribution < 1.29 is 31.6 Å². The second-order valence-electron chi connectivity index (χ2n) is 6.57. The molecule has 3 rings (SSSR count). The molecular weight excluding hydrogens is 384 g/mol. The molecule has 14 heteroatoms. The van der Waals surface area contributed by atoms with Crippen LogP contribution in [-0.2, 0) is 24.3 Å². The van der Waals surface area contributed by atoms with Gasteiger partial charge in [-0.1, -0.05) is 0 Å². The molecule has 3 fully saturated rings. The summed E-state index contributed by atoms with van der Waals surface area (Å²) in [5, 5.41) is 3.73. The maximum absolute atomic E-state index is 12.3. The molecule has 3 aliphatic rings. The molecular formula is C13H22N6O7S. The molecule has 2 atom stereocenters. The largest absolute Gasteiger partial charge is 0.418 e. The molecule has 3 heterocycles. The number of hydrogen-bond donors (Lipinski definition) is 4. The summed E-state index contributed by atoms with van der Waals surface area (Å²) < 4.78 is 34.8. The molecule has 0 saturated carbocycles. The van der Waals surface area contributed by atoms with E-state index in [1.165, 1.54) is 0 Å². The number of piperidine rings is 1. The van der Waals surface area contributed by atoms with Crippen molar-refractivity contribution in [1.82, 2.24) is 31.0 Å². The minimum atomic E-state index is -4.84. The first-order valence-electron chi connectivity index (χ1n) is 8.53. The molecule has 0 spiro atoms. The number of hydroxylamine groups is 2. The molecule has 27 heavy (non-hydrogen) atoms. The normalized spacial score (nSPS) is 26.2. The fourth-order valence-corrected chi connectivity index (χ4v) is 3.82. The van der Waals surface area contributed by atoms with Crippen LogP contribution < -0.4 is 16.2 Å². The highest BCUT2D eigenvalue weighted by atomic mass is 32.3. The van der Waals surface area contributed by atoms with Crippen molar-refractivity contribution in [1.29, 1.82) is 0 Å². The Balaban J connectivity index is 1.50. The molecule has 0 aliphatic carbocycles. The highest BCUT2D eigenvalue weighted by molar-refractivity contribution is 7.80. The van der Waals surface area contributed by atoms with Crippen molar-refractivity contribution in [2.45, 2.75) is 24.9 Å². The van der Waals surface area contributed by atoms with E-state index in [1.54, 1.807) is 0 Å². The van der Waals surface area contributed by atoms with Crippen LogP contribution in [0.2, 0.25) is 0 Å². The third-order valence-corrected chi connectivity index (χ3v) is 5.05. The number of hydrazine groups is 1. The van der Waals surface area contributed by atoms with E-state index in [0.29, 0.717) is 11.5 Å². The van der Waals surface area contributed by atoms with Crippen molar-refractivity contribution in [2.24, 2.45) is 0 Å². The number of carbonyl (C=O) groups is 3. The van der Waals surface area contributed by atoms with E-state index in [1.807, 2.05) is 4.90 Å². The summed E-state index contributed by atoms with van der Waals surface area (Å²) in [6, 6.07) is -2.28. The number of rotatable bonds is 5. The van der Waals surface area contributed by atoms with Gasteiger partial charge in [-0.05, 0) is 12.8 Å². The number of amides is 4. The SMILES string of the molecule is O=C(CN1CCNCC1)NNC(=O)[C@@H]1CC[C@@H]2CN1C(=O)N2OS(=O)(=O)O. The highest BCUT2D eigenvalue weighted by Crippen LogP contribution is 2.30. The summed E-state index contributed by atoms with van der Waals surface area (Å²) in [6.07, 6.45) is 0.575. The van der Waals surface area contributed by atoms with Gasteiger partial charge < -0.3 is 10.2 Å². The monoisotopic (exact) mass is 406 g/mol. The molecule has 0 aromatic carbocycles. The van der Waals surface area contributed by atoms with E-state index in [4.69, 9.17) is 4.55 Å². The fraction of sp³-hybridized carbons (Fsp3) is 0.769. The summed E-state index contributed by atoms with van der Waals surface area (Å²) in [6.45, 7) is 3.28. The molecule has 152 valence electrons. The quantitative estimate of drug-likeness (QED) is 0.276. The molecule has 0 aromatic rings. The van der Waals surface area contributed by atoms with Crippen molar-refractivity contribution in [2.75, 3.05) is 39.3 Å². The van der Waals surface area contributed by atoms with Gasteiger partial charge in [-0.3, -0.25) is 29.9 Å². The lowest BCUT2D eigenvalue weighted by atomic mass is 10.0. The fourth-order valence-electron chi connectivity index (χ4n) is 3.43. The first-order chi connectivity index (χ1) is 12.7. The zero-order chi connectivity index (χ0) is 19.6. The van der Waals surface area contributed by atoms with Gasteiger partial charge in [-0.25, -0.2) is 4.79 Å². The Morgan fingerprint density at radius 1 is 1.22 bits per heavy atom. The molecule has 2 bridgehead atoms. The van der Waals surface area contributed by atoms with Crippen LogP contribution in [0.25, 0.3) is 0 Å². The number of hydrogen-bond acceptors (Lipinski definition) is 8. The summed E-state index contributed by atoms with van der Waals surface area (Å²) in [7, 11) is -4.84. The van der Waals surface area contributed by atoms with E-state index in [9.17, 15) is 22.8 Å². The van der Waals surface area contributed by atoms with Gasteiger partial charge in [0.2, 0.25) is 0 Å². The minimum absolute atomic E-state index is 0.0845. The lowest BCUT2D eigenvalue weighted by Gasteiger charge is -2.29. The zero-order valence-electron chi connectivity index (χ0n) is 14.5. The predicted octanol–water partition coefficient (Wildman–Crippen LogP) is -2.96. The van der Waals surface area contributed by atoms with Crippen LogP contribution in [0.15, 0.2) is 0 Å². The minimum Gasteiger partial charge on any atom is -0.314 e. The van der Waals surface area contributed by atoms with Crippen molar-refractivity contribution in [3.05, 3.63) is 0 Å². The third kappa shape index (κ3) is 4.84. The van der Waals surface area contributed by atoms with E-state index in [0.717, 1.165) is 31.1 Å². The molecule has 13 nitrogen and oxygen atoms in total. The first kappa shape index (κ1) is 19.8. The molecule has 4 amide bonds. The zero-order valence-corrected chi connectivity index (χ0v) is 15.3. The summed E-state index contributed by atoms with van der Waals surface area (Å²) in [5.74, 6) is -0.952. The highest BCUT2D eigenvalue weighted by Gasteiger charge is 2.49. The van der Waals surface area contributed by atoms with Gasteiger partial charge in [0.1, 0.15) is 6.04 Å². The van der Waals surface area contributed by atoms with E-state index in [-0.39, 0.29) is 25.4 Å². The van der Waals surface area contributed by atoms with Gasteiger partial charge >= 0.3 is 16.4 Å². The Kier molecular flexibility index (Phi) is 5.81. The summed E-state index contributed by atoms with van der Waals surface area (Å²) in [4.78, 5) is 39.6. The van der Waals surface area contributed by atoms with E-state index >= 15 is 0 Å². The van der Waals surface area contributed by atoms with E-state index < -0.39 is 34.4 Å². The van der Waals surface area contributed by atoms with Gasteiger partial charge in [0, 0.05) is 32.7 Å². The van der Waals surface area contributed by atoms with Gasteiger partial charge in [0.05, 0.1) is 12.6 Å². The standard InChI is InChI=1S/C13H22N6O7S/c20-11(8-17-5-3-14-4-6-17)15-16-12(21)10-2-1-9-7-18(10)13(22)19(9)26-27(23,24)25/h9-10,14H,1-8H2,(H,15,20)(H,16,21)(H,23,24,25)/t9-,10+/m1/s1. The summed E-state index contributed by atoms with van der Waals surface area (Å²) in [5.41, 5.74) is 4.64. The first-order valence-corrected chi connectivity index (χ1v) is 9.90. The lowest BCUT2D eigenvalue weighted by Crippen LogP contribution is -2.56. The third-order valence-electron chi connectivity index (χ3n) is 4.70.